The van der Waals surface area contributed by atoms with Crippen LogP contribution in [0.2, 0.25) is 0 Å². The second-order valence-electron chi connectivity index (χ2n) is 5.31. The zero-order chi connectivity index (χ0) is 23.9. The fraction of sp³-hybridized carbons (Fsp3) is 0.211. The lowest BCUT2D eigenvalue weighted by Gasteiger charge is -2.22. The first kappa shape index (κ1) is 15.6. The number of para-hydroxylation sites is 2. The Bertz CT molecular complexity index is 1120. The summed E-state index contributed by atoms with van der Waals surface area (Å²) < 4.78 is 91.7. The van der Waals surface area contributed by atoms with Gasteiger partial charge in [-0.2, -0.15) is 18.4 Å². The van der Waals surface area contributed by atoms with Crippen LogP contribution in [0.3, 0.4) is 0 Å². The summed E-state index contributed by atoms with van der Waals surface area (Å²) in [6.07, 6.45) is -4.73. The summed E-state index contributed by atoms with van der Waals surface area (Å²) >= 11 is 0.748. The van der Waals surface area contributed by atoms with Gasteiger partial charge in [0, 0.05) is 19.8 Å². The fourth-order valence-corrected chi connectivity index (χ4v) is 3.98. The molecule has 0 spiro atoms. The Morgan fingerprint density at radius 3 is 2.75 bits per heavy atom. The van der Waals surface area contributed by atoms with Crippen LogP contribution in [0.15, 0.2) is 57.3 Å². The summed E-state index contributed by atoms with van der Waals surface area (Å²) in [6.45, 7) is -2.67. The maximum atomic E-state index is 14.3. The SMILES string of the molecule is [2H]C1([2H])SC(=C(C#N)Sc2cc(C(F)(F)F)ccc2F)N(c2ccccc2OC)C1([2H])[2H]. The fourth-order valence-electron chi connectivity index (χ4n) is 2.33. The predicted molar refractivity (Wildman–Crippen MR) is 103 cm³/mol. The maximum Gasteiger partial charge on any atom is 0.416 e. The van der Waals surface area contributed by atoms with E-state index in [-0.39, 0.29) is 21.4 Å². The van der Waals surface area contributed by atoms with Crippen molar-refractivity contribution < 1.29 is 27.8 Å². The van der Waals surface area contributed by atoms with Crippen molar-refractivity contribution in [3.05, 3.63) is 63.8 Å². The van der Waals surface area contributed by atoms with Crippen molar-refractivity contribution in [3.8, 4) is 11.8 Å². The molecule has 0 amide bonds. The van der Waals surface area contributed by atoms with Gasteiger partial charge in [-0.3, -0.25) is 0 Å². The summed E-state index contributed by atoms with van der Waals surface area (Å²) in [7, 11) is 1.33. The van der Waals surface area contributed by atoms with Gasteiger partial charge in [0.25, 0.3) is 0 Å². The molecule has 1 fully saturated rings. The van der Waals surface area contributed by atoms with Crippen molar-refractivity contribution in [2.45, 2.75) is 11.1 Å². The zero-order valence-corrected chi connectivity index (χ0v) is 15.8. The highest BCUT2D eigenvalue weighted by Crippen LogP contribution is 2.44. The number of alkyl halides is 3. The van der Waals surface area contributed by atoms with E-state index >= 15 is 0 Å². The topological polar surface area (TPSA) is 36.3 Å². The number of allylic oxidation sites excluding steroid dienone is 1. The first-order valence-electron chi connectivity index (χ1n) is 9.64. The van der Waals surface area contributed by atoms with E-state index in [0.29, 0.717) is 41.7 Å². The second-order valence-corrected chi connectivity index (χ2v) is 7.16. The molecule has 3 nitrogen and oxygen atoms in total. The number of benzene rings is 2. The predicted octanol–water partition coefficient (Wildman–Crippen LogP) is 5.89. The third-order valence-corrected chi connectivity index (χ3v) is 5.52. The number of anilines is 1. The maximum absolute atomic E-state index is 14.3. The van der Waals surface area contributed by atoms with Crippen molar-refractivity contribution in [1.29, 1.82) is 5.26 Å². The molecule has 28 heavy (non-hydrogen) atoms. The van der Waals surface area contributed by atoms with Crippen LogP contribution in [-0.4, -0.2) is 19.3 Å². The molecule has 0 aromatic heterocycles. The van der Waals surface area contributed by atoms with Gasteiger partial charge in [0.05, 0.1) is 21.1 Å². The van der Waals surface area contributed by atoms with Crippen LogP contribution < -0.4 is 9.64 Å². The number of nitrogens with zero attached hydrogens (tertiary/aromatic N) is 2. The molecule has 3 rings (SSSR count). The summed E-state index contributed by atoms with van der Waals surface area (Å²) in [5.41, 5.74) is -3.56. The summed E-state index contributed by atoms with van der Waals surface area (Å²) in [6, 6.07) is 9.61. The molecule has 0 radical (unpaired) electrons. The van der Waals surface area contributed by atoms with E-state index in [4.69, 9.17) is 10.2 Å². The summed E-state index contributed by atoms with van der Waals surface area (Å²) in [4.78, 5) is 0.0370. The van der Waals surface area contributed by atoms with Crippen molar-refractivity contribution in [3.63, 3.8) is 0 Å². The van der Waals surface area contributed by atoms with Gasteiger partial charge in [-0.25, -0.2) is 4.39 Å². The first-order valence-corrected chi connectivity index (χ1v) is 9.28. The van der Waals surface area contributed by atoms with Gasteiger partial charge in [0.2, 0.25) is 0 Å². The standard InChI is InChI=1S/C19H14F4N2OS2/c1-26-15-5-3-2-4-14(15)25-8-9-27-18(25)17(11-24)28-16-10-12(19(21,22)23)6-7-13(16)20/h2-7,10H,8-9H2,1H3/i8D2,9D2. The molecule has 1 heterocycles. The van der Waals surface area contributed by atoms with E-state index in [1.54, 1.807) is 18.2 Å². The van der Waals surface area contributed by atoms with E-state index in [1.165, 1.54) is 19.2 Å². The molecule has 0 bridgehead atoms. The van der Waals surface area contributed by atoms with E-state index in [9.17, 15) is 22.8 Å². The van der Waals surface area contributed by atoms with Gasteiger partial charge in [0.15, 0.2) is 0 Å². The van der Waals surface area contributed by atoms with Crippen molar-refractivity contribution in [2.75, 3.05) is 24.2 Å². The Morgan fingerprint density at radius 1 is 1.32 bits per heavy atom. The van der Waals surface area contributed by atoms with Gasteiger partial charge in [0.1, 0.15) is 27.6 Å². The smallest absolute Gasteiger partial charge is 0.416 e. The molecule has 0 N–H and O–H groups in total. The lowest BCUT2D eigenvalue weighted by atomic mass is 10.2. The molecule has 0 unspecified atom stereocenters. The van der Waals surface area contributed by atoms with Gasteiger partial charge in [-0.05, 0) is 30.3 Å². The zero-order valence-electron chi connectivity index (χ0n) is 18.2. The molecule has 1 aliphatic rings. The Labute approximate surface area is 173 Å². The second kappa shape index (κ2) is 8.37. The van der Waals surface area contributed by atoms with Crippen LogP contribution in [0.25, 0.3) is 0 Å². The van der Waals surface area contributed by atoms with Crippen LogP contribution in [-0.2, 0) is 6.18 Å². The quantitative estimate of drug-likeness (QED) is 0.343. The van der Waals surface area contributed by atoms with Gasteiger partial charge >= 0.3 is 6.18 Å². The van der Waals surface area contributed by atoms with E-state index in [0.717, 1.165) is 4.90 Å². The van der Waals surface area contributed by atoms with Gasteiger partial charge < -0.3 is 9.64 Å². The molecule has 146 valence electrons. The highest BCUT2D eigenvalue weighted by molar-refractivity contribution is 8.07. The number of nitriles is 1. The molecule has 1 aliphatic heterocycles. The minimum Gasteiger partial charge on any atom is -0.495 e. The Balaban J connectivity index is 2.19. The number of thioether (sulfide) groups is 2. The lowest BCUT2D eigenvalue weighted by molar-refractivity contribution is -0.137. The van der Waals surface area contributed by atoms with Crippen molar-refractivity contribution in [2.24, 2.45) is 0 Å². The third kappa shape index (κ3) is 4.23. The number of hydrogen-bond acceptors (Lipinski definition) is 5. The molecule has 0 saturated carbocycles. The first-order chi connectivity index (χ1) is 14.8. The lowest BCUT2D eigenvalue weighted by Crippen LogP contribution is -2.18. The highest BCUT2D eigenvalue weighted by Gasteiger charge is 2.32. The average Bonchev–Trinajstić information content (AvgIpc) is 2.90. The van der Waals surface area contributed by atoms with Crippen LogP contribution in [0.4, 0.5) is 23.2 Å². The Kier molecular flexibility index (Phi) is 4.66. The molecular formula is C19H14F4N2OS2. The van der Waals surface area contributed by atoms with E-state index in [2.05, 4.69) is 0 Å². The molecule has 9 heteroatoms. The Hall–Kier alpha value is -2.31. The molecule has 2 aromatic rings. The van der Waals surface area contributed by atoms with Crippen LogP contribution in [0.1, 0.15) is 11.0 Å². The highest BCUT2D eigenvalue weighted by atomic mass is 32.2. The van der Waals surface area contributed by atoms with E-state index < -0.39 is 34.7 Å². The normalized spacial score (nSPS) is 21.8. The number of ether oxygens (including phenoxy) is 1. The average molecular weight is 430 g/mol. The van der Waals surface area contributed by atoms with Crippen LogP contribution in [0.5, 0.6) is 5.75 Å². The summed E-state index contributed by atoms with van der Waals surface area (Å²) in [5, 5.41) is 9.50. The van der Waals surface area contributed by atoms with Crippen molar-refractivity contribution >= 4 is 29.2 Å². The summed E-state index contributed by atoms with van der Waals surface area (Å²) in [5.74, 6) is -0.825. The van der Waals surface area contributed by atoms with E-state index in [1.807, 2.05) is 0 Å². The van der Waals surface area contributed by atoms with Crippen LogP contribution >= 0.6 is 23.5 Å². The number of methoxy groups -OCH3 is 1. The number of hydrogen-bond donors (Lipinski definition) is 0. The van der Waals surface area contributed by atoms with Gasteiger partial charge in [-0.1, -0.05) is 23.9 Å². The molecule has 1 saturated heterocycles. The molecule has 0 atom stereocenters. The van der Waals surface area contributed by atoms with Gasteiger partial charge in [-0.15, -0.1) is 11.8 Å². The van der Waals surface area contributed by atoms with Crippen LogP contribution in [0, 0.1) is 17.1 Å². The number of rotatable bonds is 4. The molecule has 2 aromatic carbocycles. The minimum absolute atomic E-state index is 0.0988. The minimum atomic E-state index is -4.73. The Morgan fingerprint density at radius 2 is 2.07 bits per heavy atom. The number of halogens is 4. The van der Waals surface area contributed by atoms with Crippen molar-refractivity contribution in [1.82, 2.24) is 0 Å². The largest absolute Gasteiger partial charge is 0.495 e. The molecule has 0 aliphatic carbocycles. The third-order valence-electron chi connectivity index (χ3n) is 3.60. The molecular weight excluding hydrogens is 412 g/mol. The monoisotopic (exact) mass is 430 g/mol.